The first kappa shape index (κ1) is 15.5. The van der Waals surface area contributed by atoms with Crippen LogP contribution < -0.4 is 5.73 Å². The molecule has 0 aromatic heterocycles. The molecule has 3 atom stereocenters. The average Bonchev–Trinajstić information content (AvgIpc) is 2.36. The van der Waals surface area contributed by atoms with Crippen LogP contribution in [0.25, 0.3) is 0 Å². The Morgan fingerprint density at radius 1 is 1.28 bits per heavy atom. The summed E-state index contributed by atoms with van der Waals surface area (Å²) in [7, 11) is 0. The Balaban J connectivity index is 2.80. The third-order valence-electron chi connectivity index (χ3n) is 3.18. The Morgan fingerprint density at radius 2 is 1.89 bits per heavy atom. The normalized spacial score (nSPS) is 16.3. The van der Waals surface area contributed by atoms with Gasteiger partial charge >= 0.3 is 0 Å². The summed E-state index contributed by atoms with van der Waals surface area (Å²) in [5, 5.41) is 9.75. The van der Waals surface area contributed by atoms with Gasteiger partial charge < -0.3 is 10.8 Å². The molecule has 0 aliphatic rings. The van der Waals surface area contributed by atoms with Crippen LogP contribution in [0.1, 0.15) is 43.1 Å². The number of aliphatic hydroxyl groups is 1. The molecule has 3 unspecified atom stereocenters. The fraction of sp³-hybridized carbons (Fsp3) is 0.600. The number of nitrogens with two attached hydrogens (primary N) is 1. The van der Waals surface area contributed by atoms with E-state index in [9.17, 15) is 0 Å². The lowest BCUT2D eigenvalue weighted by atomic mass is 10.0. The van der Waals surface area contributed by atoms with E-state index < -0.39 is 0 Å². The van der Waals surface area contributed by atoms with Crippen LogP contribution in [-0.2, 0) is 0 Å². The zero-order chi connectivity index (χ0) is 13.5. The molecule has 2 nitrogen and oxygen atoms in total. The summed E-state index contributed by atoms with van der Waals surface area (Å²) in [6, 6.07) is 8.80. The van der Waals surface area contributed by atoms with E-state index in [0.717, 1.165) is 12.8 Å². The summed E-state index contributed by atoms with van der Waals surface area (Å²) in [5.74, 6) is 0. The van der Waals surface area contributed by atoms with Crippen molar-refractivity contribution in [3.8, 4) is 0 Å². The highest BCUT2D eigenvalue weighted by molar-refractivity contribution is 8.00. The van der Waals surface area contributed by atoms with Crippen LogP contribution >= 0.6 is 11.8 Å². The van der Waals surface area contributed by atoms with E-state index in [4.69, 9.17) is 10.8 Å². The van der Waals surface area contributed by atoms with Gasteiger partial charge in [-0.1, -0.05) is 43.7 Å². The predicted octanol–water partition coefficient (Wildman–Crippen LogP) is 3.28. The van der Waals surface area contributed by atoms with E-state index in [1.165, 1.54) is 11.1 Å². The van der Waals surface area contributed by atoms with Crippen LogP contribution in [0, 0.1) is 6.92 Å². The molecule has 1 aromatic rings. The van der Waals surface area contributed by atoms with E-state index in [2.05, 4.69) is 45.0 Å². The molecule has 0 amide bonds. The minimum absolute atomic E-state index is 0.166. The third-order valence-corrected chi connectivity index (χ3v) is 4.80. The van der Waals surface area contributed by atoms with Crippen molar-refractivity contribution in [3.63, 3.8) is 0 Å². The molecule has 0 aliphatic heterocycles. The molecule has 0 radical (unpaired) electrons. The summed E-state index contributed by atoms with van der Waals surface area (Å²) >= 11 is 1.88. The van der Waals surface area contributed by atoms with Crippen molar-refractivity contribution in [2.24, 2.45) is 5.73 Å². The zero-order valence-corrected chi connectivity index (χ0v) is 12.4. The van der Waals surface area contributed by atoms with Crippen LogP contribution in [0.3, 0.4) is 0 Å². The lowest BCUT2D eigenvalue weighted by molar-refractivity contribution is 0.288. The number of hydrogen-bond donors (Lipinski definition) is 2. The first-order chi connectivity index (χ1) is 8.58. The summed E-state index contributed by atoms with van der Waals surface area (Å²) in [6.07, 6.45) is 1.79. The Kier molecular flexibility index (Phi) is 6.76. The molecule has 18 heavy (non-hydrogen) atoms. The zero-order valence-electron chi connectivity index (χ0n) is 11.6. The van der Waals surface area contributed by atoms with E-state index in [1.807, 2.05) is 11.8 Å². The second-order valence-corrected chi connectivity index (χ2v) is 6.45. The first-order valence-electron chi connectivity index (χ1n) is 6.67. The van der Waals surface area contributed by atoms with Crippen molar-refractivity contribution in [1.82, 2.24) is 0 Å². The number of hydrogen-bond acceptors (Lipinski definition) is 3. The van der Waals surface area contributed by atoms with Crippen molar-refractivity contribution in [1.29, 1.82) is 0 Å². The fourth-order valence-corrected chi connectivity index (χ4v) is 3.35. The minimum Gasteiger partial charge on any atom is -0.396 e. The van der Waals surface area contributed by atoms with Gasteiger partial charge in [0.1, 0.15) is 0 Å². The molecule has 0 fully saturated rings. The highest BCUT2D eigenvalue weighted by Crippen LogP contribution is 2.36. The molecule has 0 aliphatic carbocycles. The van der Waals surface area contributed by atoms with Gasteiger partial charge in [0, 0.05) is 23.1 Å². The van der Waals surface area contributed by atoms with Crippen molar-refractivity contribution in [2.75, 3.05) is 6.61 Å². The quantitative estimate of drug-likeness (QED) is 0.797. The van der Waals surface area contributed by atoms with Crippen molar-refractivity contribution in [2.45, 2.75) is 50.2 Å². The molecule has 0 bridgehead atoms. The lowest BCUT2D eigenvalue weighted by Crippen LogP contribution is -2.27. The molecule has 102 valence electrons. The topological polar surface area (TPSA) is 46.2 Å². The lowest BCUT2D eigenvalue weighted by Gasteiger charge is -2.26. The molecular formula is C15H25NOS. The Labute approximate surface area is 115 Å². The largest absolute Gasteiger partial charge is 0.396 e. The molecular weight excluding hydrogens is 242 g/mol. The highest BCUT2D eigenvalue weighted by Gasteiger charge is 2.21. The van der Waals surface area contributed by atoms with Crippen LogP contribution in [0.15, 0.2) is 24.3 Å². The number of aryl methyl sites for hydroxylation is 1. The molecule has 3 N–H and O–H groups in total. The van der Waals surface area contributed by atoms with Crippen molar-refractivity contribution in [3.05, 3.63) is 35.4 Å². The van der Waals surface area contributed by atoms with Gasteiger partial charge in [-0.2, -0.15) is 0 Å². The first-order valence-corrected chi connectivity index (χ1v) is 7.61. The molecule has 3 heteroatoms. The molecule has 0 saturated carbocycles. The Hall–Kier alpha value is -0.510. The maximum atomic E-state index is 9.01. The van der Waals surface area contributed by atoms with Gasteiger partial charge in [-0.05, 0) is 25.3 Å². The molecule has 0 saturated heterocycles. The van der Waals surface area contributed by atoms with E-state index in [0.29, 0.717) is 10.5 Å². The number of aliphatic hydroxyl groups excluding tert-OH is 1. The van der Waals surface area contributed by atoms with Crippen LogP contribution in [0.4, 0.5) is 0 Å². The van der Waals surface area contributed by atoms with Crippen molar-refractivity contribution >= 4 is 11.8 Å². The van der Waals surface area contributed by atoms with E-state index in [1.54, 1.807) is 0 Å². The molecule has 0 heterocycles. The Bertz CT molecular complexity index is 339. The van der Waals surface area contributed by atoms with Gasteiger partial charge in [0.2, 0.25) is 0 Å². The van der Waals surface area contributed by atoms with Crippen LogP contribution in [0.2, 0.25) is 0 Å². The summed E-state index contributed by atoms with van der Waals surface area (Å²) in [5.41, 5.74) is 8.82. The smallest absolute Gasteiger partial charge is 0.0450 e. The molecule has 0 spiro atoms. The second kappa shape index (κ2) is 7.82. The van der Waals surface area contributed by atoms with Gasteiger partial charge in [0.05, 0.1) is 0 Å². The van der Waals surface area contributed by atoms with Crippen molar-refractivity contribution < 1.29 is 5.11 Å². The summed E-state index contributed by atoms with van der Waals surface area (Å²) in [6.45, 7) is 6.63. The standard InChI is InChI=1S/C15H25NOS/c1-4-14(16)15(18-12(3)9-10-17)13-7-5-11(2)6-8-13/h5-8,12,14-15,17H,4,9-10,16H2,1-3H3. The number of rotatable bonds is 7. The molecule has 1 aromatic carbocycles. The maximum absolute atomic E-state index is 9.01. The van der Waals surface area contributed by atoms with Gasteiger partial charge in [-0.25, -0.2) is 0 Å². The van der Waals surface area contributed by atoms with E-state index in [-0.39, 0.29) is 12.6 Å². The van der Waals surface area contributed by atoms with Crippen LogP contribution in [-0.4, -0.2) is 23.0 Å². The van der Waals surface area contributed by atoms with Gasteiger partial charge in [-0.15, -0.1) is 11.8 Å². The average molecular weight is 267 g/mol. The number of thioether (sulfide) groups is 1. The SMILES string of the molecule is CCC(N)C(SC(C)CCO)c1ccc(C)cc1. The van der Waals surface area contributed by atoms with Gasteiger partial charge in [0.25, 0.3) is 0 Å². The second-order valence-electron chi connectivity index (χ2n) is 4.86. The fourth-order valence-electron chi connectivity index (χ4n) is 1.90. The van der Waals surface area contributed by atoms with E-state index >= 15 is 0 Å². The predicted molar refractivity (Wildman–Crippen MR) is 80.9 cm³/mol. The summed E-state index contributed by atoms with van der Waals surface area (Å²) < 4.78 is 0. The Morgan fingerprint density at radius 3 is 2.39 bits per heavy atom. The highest BCUT2D eigenvalue weighted by atomic mass is 32.2. The number of benzene rings is 1. The maximum Gasteiger partial charge on any atom is 0.0450 e. The van der Waals surface area contributed by atoms with Crippen LogP contribution in [0.5, 0.6) is 0 Å². The minimum atomic E-state index is 0.166. The molecule has 1 rings (SSSR count). The van der Waals surface area contributed by atoms with Gasteiger partial charge in [0.15, 0.2) is 0 Å². The third kappa shape index (κ3) is 4.63. The van der Waals surface area contributed by atoms with Gasteiger partial charge in [-0.3, -0.25) is 0 Å². The summed E-state index contributed by atoms with van der Waals surface area (Å²) in [4.78, 5) is 0. The monoisotopic (exact) mass is 267 g/mol.